The zero-order chi connectivity index (χ0) is 18.1. The van der Waals surface area contributed by atoms with Crippen LogP contribution in [0.25, 0.3) is 0 Å². The normalized spacial score (nSPS) is 19.9. The van der Waals surface area contributed by atoms with Crippen LogP contribution in [0.15, 0.2) is 23.3 Å². The number of hydrogen-bond donors (Lipinski definition) is 2. The molecule has 1 saturated carbocycles. The van der Waals surface area contributed by atoms with Gasteiger partial charge in [0.25, 0.3) is 0 Å². The zero-order valence-electron chi connectivity index (χ0n) is 14.6. The lowest BCUT2D eigenvalue weighted by atomic mass is 9.86. The molecule has 0 aliphatic heterocycles. The molecule has 1 aromatic carbocycles. The van der Waals surface area contributed by atoms with E-state index in [9.17, 15) is 0 Å². The van der Waals surface area contributed by atoms with E-state index in [4.69, 9.17) is 27.0 Å². The fourth-order valence-corrected chi connectivity index (χ4v) is 3.09. The first-order valence-corrected chi connectivity index (χ1v) is 8.82. The molecule has 1 aliphatic carbocycles. The lowest BCUT2D eigenvalue weighted by Gasteiger charge is -2.30. The molecule has 2 N–H and O–H groups in total. The lowest BCUT2D eigenvalue weighted by molar-refractivity contribution is 0.308. The number of hydrazone groups is 1. The molecule has 2 atom stereocenters. The van der Waals surface area contributed by atoms with Gasteiger partial charge in [0.15, 0.2) is 23.2 Å². The number of nitriles is 1. The van der Waals surface area contributed by atoms with Gasteiger partial charge in [-0.3, -0.25) is 5.43 Å². The minimum atomic E-state index is -0.0229. The Labute approximate surface area is 154 Å². The lowest BCUT2D eigenvalue weighted by Crippen LogP contribution is -2.44. The van der Waals surface area contributed by atoms with E-state index in [1.807, 2.05) is 12.1 Å². The van der Waals surface area contributed by atoms with Crippen LogP contribution in [0.2, 0.25) is 0 Å². The highest BCUT2D eigenvalue weighted by atomic mass is 32.1. The highest BCUT2D eigenvalue weighted by Crippen LogP contribution is 2.27. The van der Waals surface area contributed by atoms with Gasteiger partial charge in [-0.1, -0.05) is 19.8 Å². The Balaban J connectivity index is 1.88. The number of benzene rings is 1. The number of ether oxygens (including phenoxy) is 2. The first kappa shape index (κ1) is 19.0. The number of methoxy groups -OCH3 is 1. The van der Waals surface area contributed by atoms with E-state index in [1.54, 1.807) is 25.5 Å². The molecule has 0 aromatic heterocycles. The maximum Gasteiger partial charge on any atom is 0.187 e. The maximum absolute atomic E-state index is 8.58. The molecule has 1 aliphatic rings. The van der Waals surface area contributed by atoms with Gasteiger partial charge in [0, 0.05) is 6.04 Å². The van der Waals surface area contributed by atoms with Gasteiger partial charge in [-0.05, 0) is 54.7 Å². The molecular weight excluding hydrogens is 336 g/mol. The molecule has 7 heteroatoms. The van der Waals surface area contributed by atoms with E-state index in [2.05, 4.69) is 22.8 Å². The van der Waals surface area contributed by atoms with Gasteiger partial charge in [-0.15, -0.1) is 0 Å². The second kappa shape index (κ2) is 9.84. The number of nitrogens with zero attached hydrogens (tertiary/aromatic N) is 2. The van der Waals surface area contributed by atoms with Gasteiger partial charge in [0.2, 0.25) is 0 Å². The highest BCUT2D eigenvalue weighted by Gasteiger charge is 2.21. The van der Waals surface area contributed by atoms with E-state index in [0.717, 1.165) is 12.0 Å². The molecule has 134 valence electrons. The van der Waals surface area contributed by atoms with Crippen molar-refractivity contribution in [3.05, 3.63) is 23.8 Å². The Hall–Kier alpha value is -2.33. The minimum Gasteiger partial charge on any atom is -0.493 e. The summed E-state index contributed by atoms with van der Waals surface area (Å²) in [4.78, 5) is 0. The Morgan fingerprint density at radius 1 is 1.40 bits per heavy atom. The van der Waals surface area contributed by atoms with E-state index in [0.29, 0.717) is 28.6 Å². The molecule has 0 bridgehead atoms. The molecule has 0 radical (unpaired) electrons. The molecule has 1 fully saturated rings. The summed E-state index contributed by atoms with van der Waals surface area (Å²) < 4.78 is 10.6. The van der Waals surface area contributed by atoms with Crippen molar-refractivity contribution in [1.29, 1.82) is 5.26 Å². The summed E-state index contributed by atoms with van der Waals surface area (Å²) in [7, 11) is 1.55. The molecule has 0 amide bonds. The summed E-state index contributed by atoms with van der Waals surface area (Å²) in [5.74, 6) is 1.70. The molecule has 0 spiro atoms. The number of nitrogens with one attached hydrogen (secondary N) is 2. The second-order valence-electron chi connectivity index (χ2n) is 6.07. The van der Waals surface area contributed by atoms with Gasteiger partial charge in [-0.2, -0.15) is 10.4 Å². The van der Waals surface area contributed by atoms with E-state index in [1.165, 1.54) is 19.3 Å². The molecule has 0 saturated heterocycles. The quantitative estimate of drug-likeness (QED) is 0.461. The van der Waals surface area contributed by atoms with Crippen LogP contribution >= 0.6 is 12.2 Å². The standard InChI is InChI=1S/C18H24N4O2S/c1-13-5-3-4-6-15(13)21-18(25)22-20-12-14-7-8-16(24-10-9-19)17(11-14)23-2/h7-8,11-13,15H,3-6,10H2,1-2H3,(H2,21,22,25)/b20-12-/t13-,15+/m1/s1. The van der Waals surface area contributed by atoms with E-state index < -0.39 is 0 Å². The van der Waals surface area contributed by atoms with E-state index >= 15 is 0 Å². The number of hydrogen-bond acceptors (Lipinski definition) is 5. The van der Waals surface area contributed by atoms with Gasteiger partial charge in [0.1, 0.15) is 6.07 Å². The van der Waals surface area contributed by atoms with Crippen molar-refractivity contribution in [3.8, 4) is 17.6 Å². The van der Waals surface area contributed by atoms with Crippen LogP contribution in [0, 0.1) is 17.2 Å². The van der Waals surface area contributed by atoms with Crippen molar-refractivity contribution in [2.45, 2.75) is 38.6 Å². The first-order chi connectivity index (χ1) is 12.1. The van der Waals surface area contributed by atoms with Crippen LogP contribution in [-0.2, 0) is 0 Å². The molecular formula is C18H24N4O2S. The molecule has 0 heterocycles. The van der Waals surface area contributed by atoms with Crippen molar-refractivity contribution < 1.29 is 9.47 Å². The second-order valence-corrected chi connectivity index (χ2v) is 6.48. The van der Waals surface area contributed by atoms with Crippen LogP contribution in [0.5, 0.6) is 11.5 Å². The number of thiocarbonyl (C=S) groups is 1. The Kier molecular flexibility index (Phi) is 7.48. The van der Waals surface area contributed by atoms with Crippen LogP contribution < -0.4 is 20.2 Å². The average molecular weight is 360 g/mol. The largest absolute Gasteiger partial charge is 0.493 e. The molecule has 2 rings (SSSR count). The van der Waals surface area contributed by atoms with E-state index in [-0.39, 0.29) is 6.61 Å². The summed E-state index contributed by atoms with van der Waals surface area (Å²) in [6, 6.07) is 7.72. The van der Waals surface area contributed by atoms with Gasteiger partial charge < -0.3 is 14.8 Å². The Bertz CT molecular complexity index is 657. The first-order valence-electron chi connectivity index (χ1n) is 8.41. The maximum atomic E-state index is 8.58. The third-order valence-corrected chi connectivity index (χ3v) is 4.50. The third kappa shape index (κ3) is 5.91. The molecule has 25 heavy (non-hydrogen) atoms. The fourth-order valence-electron chi connectivity index (χ4n) is 2.89. The highest BCUT2D eigenvalue weighted by molar-refractivity contribution is 7.80. The van der Waals surface area contributed by atoms with Crippen molar-refractivity contribution in [2.75, 3.05) is 13.7 Å². The molecule has 0 unspecified atom stereocenters. The van der Waals surface area contributed by atoms with Crippen molar-refractivity contribution in [3.63, 3.8) is 0 Å². The van der Waals surface area contributed by atoms with Crippen LogP contribution in [0.1, 0.15) is 38.2 Å². The summed E-state index contributed by atoms with van der Waals surface area (Å²) >= 11 is 5.31. The van der Waals surface area contributed by atoms with Crippen molar-refractivity contribution in [1.82, 2.24) is 10.7 Å². The summed E-state index contributed by atoms with van der Waals surface area (Å²) in [5.41, 5.74) is 3.70. The van der Waals surface area contributed by atoms with Gasteiger partial charge in [0.05, 0.1) is 13.3 Å². The summed E-state index contributed by atoms with van der Waals surface area (Å²) in [5, 5.41) is 16.6. The predicted molar refractivity (Wildman–Crippen MR) is 102 cm³/mol. The third-order valence-electron chi connectivity index (χ3n) is 4.29. The number of rotatable bonds is 6. The van der Waals surface area contributed by atoms with Crippen molar-refractivity contribution in [2.24, 2.45) is 11.0 Å². The Morgan fingerprint density at radius 3 is 2.92 bits per heavy atom. The SMILES string of the molecule is COc1cc(/C=N\NC(=S)N[C@H]2CCCC[C@H]2C)ccc1OCC#N. The summed E-state index contributed by atoms with van der Waals surface area (Å²) in [6.45, 7) is 2.23. The van der Waals surface area contributed by atoms with Gasteiger partial charge >= 0.3 is 0 Å². The smallest absolute Gasteiger partial charge is 0.187 e. The Morgan fingerprint density at radius 2 is 2.20 bits per heavy atom. The van der Waals surface area contributed by atoms with Crippen molar-refractivity contribution >= 4 is 23.5 Å². The molecule has 1 aromatic rings. The average Bonchev–Trinajstić information content (AvgIpc) is 2.62. The minimum absolute atomic E-state index is 0.0229. The molecule has 6 nitrogen and oxygen atoms in total. The van der Waals surface area contributed by atoms with Crippen LogP contribution in [0.4, 0.5) is 0 Å². The predicted octanol–water partition coefficient (Wildman–Crippen LogP) is 2.97. The topological polar surface area (TPSA) is 78.7 Å². The zero-order valence-corrected chi connectivity index (χ0v) is 15.4. The van der Waals surface area contributed by atoms with Gasteiger partial charge in [-0.25, -0.2) is 0 Å². The fraction of sp³-hybridized carbons (Fsp3) is 0.500. The van der Waals surface area contributed by atoms with Crippen LogP contribution in [-0.4, -0.2) is 31.1 Å². The van der Waals surface area contributed by atoms with Crippen LogP contribution in [0.3, 0.4) is 0 Å². The summed E-state index contributed by atoms with van der Waals surface area (Å²) in [6.07, 6.45) is 6.59. The monoisotopic (exact) mass is 360 g/mol.